The van der Waals surface area contributed by atoms with Crippen LogP contribution in [0.25, 0.3) is 0 Å². The summed E-state index contributed by atoms with van der Waals surface area (Å²) in [6, 6.07) is 0. The van der Waals surface area contributed by atoms with Crippen molar-refractivity contribution in [3.8, 4) is 0 Å². The summed E-state index contributed by atoms with van der Waals surface area (Å²) in [4.78, 5) is 37.6. The minimum absolute atomic E-state index is 0.0292. The van der Waals surface area contributed by atoms with Gasteiger partial charge in [-0.1, -0.05) is 199 Å². The summed E-state index contributed by atoms with van der Waals surface area (Å²) in [5.74, 6) is -0.832. The molecule has 0 rings (SSSR count). The molecular formula is C49H96NO8P. The molecule has 0 heterocycles. The number of unbranched alkanes of at least 4 members (excludes halogenated alkanes) is 30. The number of rotatable bonds is 46. The lowest BCUT2D eigenvalue weighted by Crippen LogP contribution is -2.37. The number of likely N-dealkylation sites (N-methyl/N-ethyl adjacent to an activating group) is 1. The highest BCUT2D eigenvalue weighted by Crippen LogP contribution is 2.38. The van der Waals surface area contributed by atoms with E-state index in [1.807, 2.05) is 21.1 Å². The summed E-state index contributed by atoms with van der Waals surface area (Å²) >= 11 is 0. The molecule has 0 amide bonds. The largest absolute Gasteiger partial charge is 0.756 e. The maximum atomic E-state index is 12.7. The van der Waals surface area contributed by atoms with E-state index in [1.165, 1.54) is 148 Å². The molecular weight excluding hydrogens is 762 g/mol. The van der Waals surface area contributed by atoms with Crippen LogP contribution < -0.4 is 4.89 Å². The van der Waals surface area contributed by atoms with E-state index in [0.29, 0.717) is 17.4 Å². The van der Waals surface area contributed by atoms with E-state index in [-0.39, 0.29) is 32.0 Å². The van der Waals surface area contributed by atoms with Crippen LogP contribution >= 0.6 is 7.82 Å². The number of phosphoric acid groups is 1. The smallest absolute Gasteiger partial charge is 0.306 e. The molecule has 0 spiro atoms. The van der Waals surface area contributed by atoms with E-state index in [2.05, 4.69) is 26.0 Å². The van der Waals surface area contributed by atoms with Crippen LogP contribution in [0.15, 0.2) is 12.2 Å². The summed E-state index contributed by atoms with van der Waals surface area (Å²) in [5.41, 5.74) is 0. The zero-order chi connectivity index (χ0) is 43.6. The van der Waals surface area contributed by atoms with Gasteiger partial charge in [0.15, 0.2) is 6.10 Å². The average Bonchev–Trinajstić information content (AvgIpc) is 3.19. The highest BCUT2D eigenvalue weighted by molar-refractivity contribution is 7.45. The van der Waals surface area contributed by atoms with Gasteiger partial charge in [0.25, 0.3) is 7.82 Å². The number of hydrogen-bond donors (Lipinski definition) is 0. The van der Waals surface area contributed by atoms with Gasteiger partial charge in [0, 0.05) is 12.8 Å². The van der Waals surface area contributed by atoms with Crippen molar-refractivity contribution in [3.05, 3.63) is 12.2 Å². The highest BCUT2D eigenvalue weighted by Gasteiger charge is 2.21. The minimum atomic E-state index is -4.62. The van der Waals surface area contributed by atoms with Gasteiger partial charge in [0.05, 0.1) is 27.7 Å². The zero-order valence-electron chi connectivity index (χ0n) is 39.5. The second-order valence-electron chi connectivity index (χ2n) is 18.2. The van der Waals surface area contributed by atoms with Crippen molar-refractivity contribution >= 4 is 19.8 Å². The number of ether oxygens (including phenoxy) is 2. The number of hydrogen-bond acceptors (Lipinski definition) is 8. The summed E-state index contributed by atoms with van der Waals surface area (Å²) in [6.45, 7) is 4.23. The predicted octanol–water partition coefficient (Wildman–Crippen LogP) is 13.9. The Labute approximate surface area is 365 Å². The first-order valence-corrected chi connectivity index (χ1v) is 26.4. The lowest BCUT2D eigenvalue weighted by Gasteiger charge is -2.28. The first-order valence-electron chi connectivity index (χ1n) is 24.9. The van der Waals surface area contributed by atoms with Crippen LogP contribution in [0.3, 0.4) is 0 Å². The van der Waals surface area contributed by atoms with Crippen LogP contribution in [-0.2, 0) is 32.7 Å². The van der Waals surface area contributed by atoms with E-state index < -0.39 is 26.5 Å². The average molecular weight is 858 g/mol. The zero-order valence-corrected chi connectivity index (χ0v) is 40.4. The second kappa shape index (κ2) is 42.1. The van der Waals surface area contributed by atoms with Gasteiger partial charge < -0.3 is 27.9 Å². The van der Waals surface area contributed by atoms with Crippen LogP contribution in [0.5, 0.6) is 0 Å². The molecule has 0 fully saturated rings. The maximum Gasteiger partial charge on any atom is 0.306 e. The monoisotopic (exact) mass is 858 g/mol. The van der Waals surface area contributed by atoms with Gasteiger partial charge in [-0.2, -0.15) is 0 Å². The summed E-state index contributed by atoms with van der Waals surface area (Å²) in [5, 5.41) is 0. The number of allylic oxidation sites excluding steroid dienone is 2. The van der Waals surface area contributed by atoms with E-state index in [9.17, 15) is 19.0 Å². The number of quaternary nitrogens is 1. The first kappa shape index (κ1) is 57.8. The Morgan fingerprint density at radius 3 is 1.29 bits per heavy atom. The second-order valence-corrected chi connectivity index (χ2v) is 19.6. The lowest BCUT2D eigenvalue weighted by molar-refractivity contribution is -0.870. The van der Waals surface area contributed by atoms with Gasteiger partial charge in [0.2, 0.25) is 0 Å². The normalized spacial score (nSPS) is 13.5. The Morgan fingerprint density at radius 2 is 0.864 bits per heavy atom. The Morgan fingerprint density at radius 1 is 0.508 bits per heavy atom. The maximum absolute atomic E-state index is 12.7. The highest BCUT2D eigenvalue weighted by atomic mass is 31.2. The molecule has 0 aromatic heterocycles. The number of esters is 2. The third kappa shape index (κ3) is 46.1. The summed E-state index contributed by atoms with van der Waals surface area (Å²) in [6.07, 6.45) is 45.4. The molecule has 0 saturated carbocycles. The van der Waals surface area contributed by atoms with Crippen LogP contribution in [0.1, 0.15) is 239 Å². The Hall–Kier alpha value is -1.25. The van der Waals surface area contributed by atoms with Crippen molar-refractivity contribution in [2.45, 2.75) is 245 Å². The topological polar surface area (TPSA) is 111 Å². The quantitative estimate of drug-likeness (QED) is 0.0196. The number of phosphoric ester groups is 1. The molecule has 9 nitrogen and oxygen atoms in total. The van der Waals surface area contributed by atoms with Crippen molar-refractivity contribution in [1.29, 1.82) is 0 Å². The summed E-state index contributed by atoms with van der Waals surface area (Å²) < 4.78 is 34.0. The van der Waals surface area contributed by atoms with Crippen molar-refractivity contribution < 1.29 is 42.1 Å². The van der Waals surface area contributed by atoms with Gasteiger partial charge in [-0.15, -0.1) is 0 Å². The fourth-order valence-electron chi connectivity index (χ4n) is 7.12. The molecule has 0 saturated heterocycles. The predicted molar refractivity (Wildman–Crippen MR) is 245 cm³/mol. The van der Waals surface area contributed by atoms with Crippen LogP contribution in [-0.4, -0.2) is 70.0 Å². The molecule has 1 unspecified atom stereocenters. The van der Waals surface area contributed by atoms with Gasteiger partial charge in [-0.05, 0) is 38.5 Å². The molecule has 0 aliphatic heterocycles. The Bertz CT molecular complexity index is 1020. The van der Waals surface area contributed by atoms with Crippen molar-refractivity contribution in [2.24, 2.45) is 0 Å². The molecule has 2 atom stereocenters. The Balaban J connectivity index is 4.14. The molecule has 350 valence electrons. The Kier molecular flexibility index (Phi) is 41.2. The van der Waals surface area contributed by atoms with Crippen LogP contribution in [0.2, 0.25) is 0 Å². The third-order valence-electron chi connectivity index (χ3n) is 11.0. The van der Waals surface area contributed by atoms with Crippen molar-refractivity contribution in [3.63, 3.8) is 0 Å². The van der Waals surface area contributed by atoms with E-state index in [4.69, 9.17) is 18.5 Å². The molecule has 0 radical (unpaired) electrons. The first-order chi connectivity index (χ1) is 28.5. The fourth-order valence-corrected chi connectivity index (χ4v) is 7.85. The molecule has 59 heavy (non-hydrogen) atoms. The number of carbonyl (C=O) groups excluding carboxylic acids is 2. The number of nitrogens with zero attached hydrogens (tertiary/aromatic N) is 1. The van der Waals surface area contributed by atoms with Gasteiger partial charge in [-0.25, -0.2) is 0 Å². The third-order valence-corrected chi connectivity index (χ3v) is 12.0. The number of carbonyl (C=O) groups is 2. The summed E-state index contributed by atoms with van der Waals surface area (Å²) in [7, 11) is 1.17. The molecule has 0 bridgehead atoms. The van der Waals surface area contributed by atoms with Gasteiger partial charge >= 0.3 is 11.9 Å². The molecule has 0 aliphatic rings. The molecule has 0 aromatic rings. The fraction of sp³-hybridized carbons (Fsp3) is 0.918. The van der Waals surface area contributed by atoms with Crippen LogP contribution in [0, 0.1) is 0 Å². The minimum Gasteiger partial charge on any atom is -0.756 e. The molecule has 0 aromatic carbocycles. The van der Waals surface area contributed by atoms with Gasteiger partial charge in [-0.3, -0.25) is 14.2 Å². The van der Waals surface area contributed by atoms with E-state index in [0.717, 1.165) is 57.8 Å². The molecule has 0 N–H and O–H groups in total. The lowest BCUT2D eigenvalue weighted by atomic mass is 10.0. The SMILES string of the molecule is CCCCC/C=C/CCCCCCCC(=O)O[C@@H](COC(=O)CCCCCCCCCCCCCCCCCCCCCCCCC)COP(=O)([O-])OCC[N+](C)(C)C. The standard InChI is InChI=1S/C49H96NO8P/c1-6-8-10-12-14-16-18-20-21-22-23-24-25-26-27-28-29-30-32-33-35-37-39-41-48(51)55-45-47(46-57-59(53,54)56-44-43-50(3,4)5)58-49(52)42-40-38-36-34-31-19-17-15-13-11-9-7-2/h15,17,47H,6-14,16,18-46H2,1-5H3/b17-15+/t47-/m0/s1. The van der Waals surface area contributed by atoms with Crippen LogP contribution in [0.4, 0.5) is 0 Å². The van der Waals surface area contributed by atoms with Gasteiger partial charge in [0.1, 0.15) is 19.8 Å². The van der Waals surface area contributed by atoms with E-state index in [1.54, 1.807) is 0 Å². The molecule has 10 heteroatoms. The van der Waals surface area contributed by atoms with Crippen molar-refractivity contribution in [2.75, 3.05) is 47.5 Å². The van der Waals surface area contributed by atoms with Crippen molar-refractivity contribution in [1.82, 2.24) is 0 Å². The van der Waals surface area contributed by atoms with E-state index >= 15 is 0 Å². The molecule has 0 aliphatic carbocycles.